The number of benzene rings is 1. The minimum Gasteiger partial charge on any atom is -0.369 e. The van der Waals surface area contributed by atoms with Gasteiger partial charge in [-0.1, -0.05) is 24.3 Å². The summed E-state index contributed by atoms with van der Waals surface area (Å²) in [6, 6.07) is 8.23. The Hall–Kier alpha value is -2.63. The van der Waals surface area contributed by atoms with Gasteiger partial charge in [0, 0.05) is 5.92 Å². The van der Waals surface area contributed by atoms with Crippen molar-refractivity contribution in [3.8, 4) is 0 Å². The summed E-state index contributed by atoms with van der Waals surface area (Å²) >= 11 is 0. The van der Waals surface area contributed by atoms with Crippen molar-refractivity contribution in [3.63, 3.8) is 0 Å². The largest absolute Gasteiger partial charge is 0.369 e. The highest BCUT2D eigenvalue weighted by Gasteiger charge is 2.29. The van der Waals surface area contributed by atoms with Crippen LogP contribution in [-0.4, -0.2) is 19.9 Å². The van der Waals surface area contributed by atoms with Gasteiger partial charge in [0.2, 0.25) is 5.95 Å². The maximum Gasteiger partial charge on any atom is 0.278 e. The first kappa shape index (κ1) is 10.3. The first-order valence-corrected chi connectivity index (χ1v) is 6.05. The molecule has 3 aromatic rings. The van der Waals surface area contributed by atoms with Crippen molar-refractivity contribution >= 4 is 17.1 Å². The van der Waals surface area contributed by atoms with Gasteiger partial charge in [-0.3, -0.25) is 9.78 Å². The Balaban J connectivity index is 1.86. The standard InChI is InChI=1S/C13H11N5O/c14-13-17-11-9(12(19)18-13)15-10(16-11)8-5-6-3-1-2-4-7(6)8/h1-4,8H,5H2,(H4,14,15,16,17,18,19). The van der Waals surface area contributed by atoms with E-state index in [1.807, 2.05) is 12.1 Å². The van der Waals surface area contributed by atoms with Crippen LogP contribution in [0.4, 0.5) is 5.95 Å². The van der Waals surface area contributed by atoms with Gasteiger partial charge in [-0.05, 0) is 17.5 Å². The lowest BCUT2D eigenvalue weighted by Crippen LogP contribution is -2.19. The van der Waals surface area contributed by atoms with Crippen LogP contribution in [-0.2, 0) is 6.42 Å². The summed E-state index contributed by atoms with van der Waals surface area (Å²) in [5, 5.41) is 0. The molecular weight excluding hydrogens is 242 g/mol. The molecule has 0 bridgehead atoms. The molecule has 6 nitrogen and oxygen atoms in total. The molecule has 0 amide bonds. The molecule has 6 heteroatoms. The minimum absolute atomic E-state index is 0.0876. The smallest absolute Gasteiger partial charge is 0.278 e. The molecule has 1 aromatic carbocycles. The third-order valence-corrected chi connectivity index (χ3v) is 3.58. The predicted octanol–water partition coefficient (Wildman–Crippen LogP) is 0.916. The number of rotatable bonds is 1. The molecule has 4 N–H and O–H groups in total. The van der Waals surface area contributed by atoms with Gasteiger partial charge in [0.15, 0.2) is 11.2 Å². The van der Waals surface area contributed by atoms with Gasteiger partial charge in [0.1, 0.15) is 5.82 Å². The summed E-state index contributed by atoms with van der Waals surface area (Å²) in [7, 11) is 0. The molecule has 1 aliphatic carbocycles. The van der Waals surface area contributed by atoms with E-state index in [-0.39, 0.29) is 17.4 Å². The fraction of sp³-hybridized carbons (Fsp3) is 0.154. The molecule has 4 rings (SSSR count). The number of nitrogens with zero attached hydrogens (tertiary/aromatic N) is 2. The number of aromatic amines is 2. The van der Waals surface area contributed by atoms with Gasteiger partial charge in [-0.15, -0.1) is 0 Å². The van der Waals surface area contributed by atoms with E-state index < -0.39 is 0 Å². The second kappa shape index (κ2) is 3.44. The van der Waals surface area contributed by atoms with Gasteiger partial charge in [-0.2, -0.15) is 4.98 Å². The molecule has 0 saturated heterocycles. The Morgan fingerprint density at radius 3 is 2.89 bits per heavy atom. The van der Waals surface area contributed by atoms with E-state index in [0.717, 1.165) is 12.2 Å². The van der Waals surface area contributed by atoms with E-state index in [0.29, 0.717) is 11.2 Å². The second-order valence-corrected chi connectivity index (χ2v) is 4.73. The molecule has 94 valence electrons. The summed E-state index contributed by atoms with van der Waals surface area (Å²) in [5.74, 6) is 1.08. The molecule has 0 saturated carbocycles. The first-order valence-electron chi connectivity index (χ1n) is 6.05. The Labute approximate surface area is 107 Å². The number of anilines is 1. The number of fused-ring (bicyclic) bond motifs is 2. The van der Waals surface area contributed by atoms with Crippen LogP contribution in [0.15, 0.2) is 29.1 Å². The number of hydrogen-bond acceptors (Lipinski definition) is 4. The monoisotopic (exact) mass is 253 g/mol. The maximum atomic E-state index is 11.7. The zero-order chi connectivity index (χ0) is 13.0. The van der Waals surface area contributed by atoms with Crippen LogP contribution in [0.1, 0.15) is 22.9 Å². The number of nitrogen functional groups attached to an aromatic ring is 1. The van der Waals surface area contributed by atoms with E-state index in [4.69, 9.17) is 5.73 Å². The number of aromatic nitrogens is 4. The molecule has 2 aromatic heterocycles. The van der Waals surface area contributed by atoms with Gasteiger partial charge in [0.05, 0.1) is 0 Å². The van der Waals surface area contributed by atoms with Crippen LogP contribution < -0.4 is 11.3 Å². The van der Waals surface area contributed by atoms with Gasteiger partial charge < -0.3 is 10.7 Å². The van der Waals surface area contributed by atoms with Crippen molar-refractivity contribution in [2.45, 2.75) is 12.3 Å². The van der Waals surface area contributed by atoms with Crippen LogP contribution in [0.3, 0.4) is 0 Å². The first-order chi connectivity index (χ1) is 9.22. The highest BCUT2D eigenvalue weighted by atomic mass is 16.1. The lowest BCUT2D eigenvalue weighted by Gasteiger charge is -2.28. The lowest BCUT2D eigenvalue weighted by molar-refractivity contribution is 0.671. The zero-order valence-corrected chi connectivity index (χ0v) is 9.97. The van der Waals surface area contributed by atoms with Gasteiger partial charge in [0.25, 0.3) is 5.56 Å². The molecule has 19 heavy (non-hydrogen) atoms. The van der Waals surface area contributed by atoms with Crippen LogP contribution in [0, 0.1) is 0 Å². The Bertz CT molecular complexity index is 848. The molecule has 0 spiro atoms. The summed E-state index contributed by atoms with van der Waals surface area (Å²) < 4.78 is 0. The van der Waals surface area contributed by atoms with Crippen molar-refractivity contribution in [2.24, 2.45) is 0 Å². The average Bonchev–Trinajstić information content (AvgIpc) is 2.74. The number of hydrogen-bond donors (Lipinski definition) is 3. The lowest BCUT2D eigenvalue weighted by atomic mass is 9.77. The summed E-state index contributed by atoms with van der Waals surface area (Å²) in [6.07, 6.45) is 0.934. The Morgan fingerprint density at radius 2 is 2.05 bits per heavy atom. The summed E-state index contributed by atoms with van der Waals surface area (Å²) in [4.78, 5) is 25.7. The Morgan fingerprint density at radius 1 is 1.21 bits per heavy atom. The maximum absolute atomic E-state index is 11.7. The minimum atomic E-state index is -0.283. The van der Waals surface area contributed by atoms with Crippen molar-refractivity contribution in [1.29, 1.82) is 0 Å². The molecular formula is C13H11N5O. The Kier molecular flexibility index (Phi) is 1.87. The van der Waals surface area contributed by atoms with Gasteiger partial charge >= 0.3 is 0 Å². The van der Waals surface area contributed by atoms with Crippen molar-refractivity contribution in [3.05, 3.63) is 51.6 Å². The van der Waals surface area contributed by atoms with E-state index >= 15 is 0 Å². The molecule has 2 heterocycles. The summed E-state index contributed by atoms with van der Waals surface area (Å²) in [5.41, 5.74) is 8.57. The van der Waals surface area contributed by atoms with Gasteiger partial charge in [-0.25, -0.2) is 4.98 Å². The molecule has 1 unspecified atom stereocenters. The third kappa shape index (κ3) is 1.40. The zero-order valence-electron chi connectivity index (χ0n) is 9.97. The fourth-order valence-corrected chi connectivity index (χ4v) is 2.61. The van der Waals surface area contributed by atoms with Crippen molar-refractivity contribution < 1.29 is 0 Å². The second-order valence-electron chi connectivity index (χ2n) is 4.73. The average molecular weight is 253 g/mol. The number of nitrogens with two attached hydrogens (primary N) is 1. The molecule has 0 aliphatic heterocycles. The summed E-state index contributed by atoms with van der Waals surface area (Å²) in [6.45, 7) is 0. The van der Waals surface area contributed by atoms with Crippen LogP contribution in [0.5, 0.6) is 0 Å². The number of nitrogens with one attached hydrogen (secondary N) is 2. The van der Waals surface area contributed by atoms with Crippen LogP contribution >= 0.6 is 0 Å². The van der Waals surface area contributed by atoms with E-state index in [2.05, 4.69) is 32.1 Å². The number of imidazole rings is 1. The molecule has 0 fully saturated rings. The third-order valence-electron chi connectivity index (χ3n) is 3.58. The molecule has 0 radical (unpaired) electrons. The quantitative estimate of drug-likeness (QED) is 0.600. The van der Waals surface area contributed by atoms with Crippen LogP contribution in [0.25, 0.3) is 11.2 Å². The highest BCUT2D eigenvalue weighted by molar-refractivity contribution is 5.71. The highest BCUT2D eigenvalue weighted by Crippen LogP contribution is 2.38. The van der Waals surface area contributed by atoms with E-state index in [9.17, 15) is 4.79 Å². The van der Waals surface area contributed by atoms with Crippen LogP contribution in [0.2, 0.25) is 0 Å². The topological polar surface area (TPSA) is 100 Å². The molecule has 1 atom stereocenters. The SMILES string of the molecule is Nc1nc2nc(C3Cc4ccccc43)[nH]c2c(=O)[nH]1. The molecule has 1 aliphatic rings. The fourth-order valence-electron chi connectivity index (χ4n) is 2.61. The predicted molar refractivity (Wildman–Crippen MR) is 70.9 cm³/mol. The van der Waals surface area contributed by atoms with E-state index in [1.165, 1.54) is 11.1 Å². The van der Waals surface area contributed by atoms with E-state index in [1.54, 1.807) is 0 Å². The van der Waals surface area contributed by atoms with Crippen molar-refractivity contribution in [1.82, 2.24) is 19.9 Å². The number of H-pyrrole nitrogens is 2. The van der Waals surface area contributed by atoms with Crippen molar-refractivity contribution in [2.75, 3.05) is 5.73 Å². The normalized spacial score (nSPS) is 17.2.